The van der Waals surface area contributed by atoms with Crippen molar-refractivity contribution in [2.75, 3.05) is 6.61 Å². The Morgan fingerprint density at radius 3 is 2.50 bits per heavy atom. The first-order chi connectivity index (χ1) is 6.57. The Morgan fingerprint density at radius 2 is 1.93 bits per heavy atom. The van der Waals surface area contributed by atoms with E-state index in [0.717, 1.165) is 0 Å². The van der Waals surface area contributed by atoms with E-state index >= 15 is 0 Å². The fraction of sp³-hybridized carbons (Fsp3) is 1.00. The summed E-state index contributed by atoms with van der Waals surface area (Å²) in [5.41, 5.74) is 0. The predicted octanol–water partition coefficient (Wildman–Crippen LogP) is -0.378. The summed E-state index contributed by atoms with van der Waals surface area (Å²) < 4.78 is 21.7. The molecule has 0 aromatic carbocycles. The van der Waals surface area contributed by atoms with Gasteiger partial charge < -0.3 is 24.1 Å². The fourth-order valence-corrected chi connectivity index (χ4v) is 2.07. The number of aliphatic hydroxyl groups excluding tert-OH is 1. The molecule has 3 saturated heterocycles. The van der Waals surface area contributed by atoms with Crippen LogP contribution in [0, 0.1) is 0 Å². The summed E-state index contributed by atoms with van der Waals surface area (Å²) in [5.74, 6) is -0.661. The third kappa shape index (κ3) is 1.28. The van der Waals surface area contributed by atoms with Crippen LogP contribution in [0.5, 0.6) is 0 Å². The van der Waals surface area contributed by atoms with Gasteiger partial charge in [0.25, 0.3) is 0 Å². The first-order valence-corrected chi connectivity index (χ1v) is 4.88. The van der Waals surface area contributed by atoms with Crippen molar-refractivity contribution in [3.63, 3.8) is 0 Å². The zero-order chi connectivity index (χ0) is 9.92. The summed E-state index contributed by atoms with van der Waals surface area (Å²) in [6.07, 6.45) is -1.74. The SMILES string of the molecule is CC1(C)O[C@@H]2O[C@H]([C@@H]3CO3)[C@H](O)[C@@H]2O1. The molecule has 3 fully saturated rings. The number of epoxide rings is 1. The third-order valence-electron chi connectivity index (χ3n) is 2.78. The zero-order valence-electron chi connectivity index (χ0n) is 8.17. The highest BCUT2D eigenvalue weighted by Gasteiger charge is 2.58. The molecule has 5 heteroatoms. The van der Waals surface area contributed by atoms with Crippen molar-refractivity contribution in [3.05, 3.63) is 0 Å². The molecule has 0 aromatic rings. The van der Waals surface area contributed by atoms with Gasteiger partial charge in [0, 0.05) is 0 Å². The molecule has 5 atom stereocenters. The first-order valence-electron chi connectivity index (χ1n) is 4.88. The molecule has 80 valence electrons. The molecule has 0 saturated carbocycles. The van der Waals surface area contributed by atoms with Gasteiger partial charge in [-0.1, -0.05) is 0 Å². The van der Waals surface area contributed by atoms with Gasteiger partial charge in [-0.2, -0.15) is 0 Å². The lowest BCUT2D eigenvalue weighted by Crippen LogP contribution is -2.37. The highest BCUT2D eigenvalue weighted by Crippen LogP contribution is 2.40. The summed E-state index contributed by atoms with van der Waals surface area (Å²) in [5, 5.41) is 9.89. The van der Waals surface area contributed by atoms with Gasteiger partial charge in [-0.15, -0.1) is 0 Å². The zero-order valence-corrected chi connectivity index (χ0v) is 8.17. The van der Waals surface area contributed by atoms with Crippen LogP contribution in [-0.2, 0) is 18.9 Å². The summed E-state index contributed by atoms with van der Waals surface area (Å²) in [6.45, 7) is 4.28. The van der Waals surface area contributed by atoms with Gasteiger partial charge in [-0.3, -0.25) is 0 Å². The van der Waals surface area contributed by atoms with E-state index in [9.17, 15) is 5.11 Å². The smallest absolute Gasteiger partial charge is 0.190 e. The molecule has 0 amide bonds. The van der Waals surface area contributed by atoms with E-state index in [0.29, 0.717) is 6.61 Å². The molecular formula is C9H14O5. The summed E-state index contributed by atoms with van der Waals surface area (Å²) in [7, 11) is 0. The van der Waals surface area contributed by atoms with Crippen molar-refractivity contribution in [3.8, 4) is 0 Å². The van der Waals surface area contributed by atoms with Crippen molar-refractivity contribution in [1.29, 1.82) is 0 Å². The molecule has 14 heavy (non-hydrogen) atoms. The number of aliphatic hydroxyl groups is 1. The van der Waals surface area contributed by atoms with Gasteiger partial charge in [-0.05, 0) is 13.8 Å². The Bertz CT molecular complexity index is 248. The number of rotatable bonds is 1. The predicted molar refractivity (Wildman–Crippen MR) is 44.4 cm³/mol. The maximum absolute atomic E-state index is 9.89. The van der Waals surface area contributed by atoms with Crippen LogP contribution in [0.1, 0.15) is 13.8 Å². The molecule has 3 rings (SSSR count). The Balaban J connectivity index is 1.74. The Kier molecular flexibility index (Phi) is 1.73. The lowest BCUT2D eigenvalue weighted by atomic mass is 10.1. The van der Waals surface area contributed by atoms with Crippen molar-refractivity contribution in [1.82, 2.24) is 0 Å². The van der Waals surface area contributed by atoms with Crippen LogP contribution < -0.4 is 0 Å². The van der Waals surface area contributed by atoms with E-state index in [1.165, 1.54) is 0 Å². The lowest BCUT2D eigenvalue weighted by molar-refractivity contribution is -0.216. The molecule has 3 heterocycles. The van der Waals surface area contributed by atoms with E-state index in [1.807, 2.05) is 13.8 Å². The molecular weight excluding hydrogens is 188 g/mol. The van der Waals surface area contributed by atoms with Gasteiger partial charge >= 0.3 is 0 Å². The first kappa shape index (κ1) is 9.06. The van der Waals surface area contributed by atoms with Crippen LogP contribution in [0.15, 0.2) is 0 Å². The van der Waals surface area contributed by atoms with E-state index < -0.39 is 18.2 Å². The van der Waals surface area contributed by atoms with Crippen molar-refractivity contribution in [2.24, 2.45) is 0 Å². The molecule has 1 N–H and O–H groups in total. The summed E-state index contributed by atoms with van der Waals surface area (Å²) >= 11 is 0. The van der Waals surface area contributed by atoms with Gasteiger partial charge in [-0.25, -0.2) is 0 Å². The lowest BCUT2D eigenvalue weighted by Gasteiger charge is -2.21. The van der Waals surface area contributed by atoms with Gasteiger partial charge in [0.15, 0.2) is 12.1 Å². The highest BCUT2D eigenvalue weighted by atomic mass is 16.8. The Labute approximate surface area is 81.9 Å². The fourth-order valence-electron chi connectivity index (χ4n) is 2.07. The second kappa shape index (κ2) is 2.68. The van der Waals surface area contributed by atoms with E-state index in [-0.39, 0.29) is 18.3 Å². The van der Waals surface area contributed by atoms with E-state index in [4.69, 9.17) is 18.9 Å². The monoisotopic (exact) mass is 202 g/mol. The summed E-state index contributed by atoms with van der Waals surface area (Å²) in [6, 6.07) is 0. The highest BCUT2D eigenvalue weighted by molar-refractivity contribution is 4.98. The van der Waals surface area contributed by atoms with Crippen LogP contribution in [0.2, 0.25) is 0 Å². The molecule has 3 aliphatic heterocycles. The molecule has 0 radical (unpaired) electrons. The second-order valence-corrected chi connectivity index (χ2v) is 4.43. The second-order valence-electron chi connectivity index (χ2n) is 4.43. The minimum absolute atomic E-state index is 0.0194. The molecule has 0 unspecified atom stereocenters. The maximum Gasteiger partial charge on any atom is 0.190 e. The van der Waals surface area contributed by atoms with Crippen molar-refractivity contribution in [2.45, 2.75) is 50.3 Å². The van der Waals surface area contributed by atoms with Crippen molar-refractivity contribution < 1.29 is 24.1 Å². The molecule has 5 nitrogen and oxygen atoms in total. The minimum atomic E-state index is -0.661. The minimum Gasteiger partial charge on any atom is -0.387 e. The van der Waals surface area contributed by atoms with Gasteiger partial charge in [0.05, 0.1) is 6.61 Å². The van der Waals surface area contributed by atoms with Crippen LogP contribution in [0.4, 0.5) is 0 Å². The number of hydrogen-bond acceptors (Lipinski definition) is 5. The number of hydrogen-bond donors (Lipinski definition) is 1. The van der Waals surface area contributed by atoms with Gasteiger partial charge in [0.2, 0.25) is 0 Å². The van der Waals surface area contributed by atoms with E-state index in [1.54, 1.807) is 0 Å². The Morgan fingerprint density at radius 1 is 1.21 bits per heavy atom. The largest absolute Gasteiger partial charge is 0.387 e. The standard InChI is InChI=1S/C9H14O5/c1-9(2)13-7-5(10)6(4-3-11-4)12-8(7)14-9/h4-8,10H,3H2,1-2H3/t4-,5-,6+,7-,8-/m0/s1. The van der Waals surface area contributed by atoms with Crippen LogP contribution >= 0.6 is 0 Å². The Hall–Kier alpha value is -0.200. The van der Waals surface area contributed by atoms with Crippen LogP contribution in [0.25, 0.3) is 0 Å². The number of fused-ring (bicyclic) bond motifs is 1. The summed E-state index contributed by atoms with van der Waals surface area (Å²) in [4.78, 5) is 0. The van der Waals surface area contributed by atoms with E-state index in [2.05, 4.69) is 0 Å². The topological polar surface area (TPSA) is 60.5 Å². The van der Waals surface area contributed by atoms with Crippen molar-refractivity contribution >= 4 is 0 Å². The van der Waals surface area contributed by atoms with Crippen LogP contribution in [-0.4, -0.2) is 48.2 Å². The van der Waals surface area contributed by atoms with Gasteiger partial charge in [0.1, 0.15) is 24.4 Å². The molecule has 0 aromatic heterocycles. The molecule has 3 aliphatic rings. The molecule has 0 aliphatic carbocycles. The third-order valence-corrected chi connectivity index (χ3v) is 2.78. The number of ether oxygens (including phenoxy) is 4. The maximum atomic E-state index is 9.89. The average molecular weight is 202 g/mol. The normalized spacial score (nSPS) is 54.6. The molecule has 0 spiro atoms. The van der Waals surface area contributed by atoms with Crippen LogP contribution in [0.3, 0.4) is 0 Å². The quantitative estimate of drug-likeness (QED) is 0.587. The average Bonchev–Trinajstić information content (AvgIpc) is 2.81. The molecule has 0 bridgehead atoms.